The van der Waals surface area contributed by atoms with Crippen LogP contribution < -0.4 is 15.2 Å². The van der Waals surface area contributed by atoms with Crippen LogP contribution in [-0.2, 0) is 35.0 Å². The van der Waals surface area contributed by atoms with E-state index < -0.39 is 30.4 Å². The van der Waals surface area contributed by atoms with Crippen molar-refractivity contribution in [2.24, 2.45) is 11.1 Å². The predicted molar refractivity (Wildman–Crippen MR) is 124 cm³/mol. The SMILES string of the molecule is CCOC(=O)Oc1ccc(C[C@H](N)C(=O)O[C@@H](C)COC(=O)CC(C)(C)C)cc1OC(=O)OCC. The van der Waals surface area contributed by atoms with Gasteiger partial charge in [-0.05, 0) is 50.3 Å². The molecule has 1 aromatic carbocycles. The molecule has 1 aromatic rings. The molecule has 1 rings (SSSR count). The summed E-state index contributed by atoms with van der Waals surface area (Å²) in [5, 5.41) is 0. The molecule has 0 heterocycles. The van der Waals surface area contributed by atoms with Gasteiger partial charge in [-0.1, -0.05) is 26.8 Å². The van der Waals surface area contributed by atoms with Crippen molar-refractivity contribution in [3.63, 3.8) is 0 Å². The lowest BCUT2D eigenvalue weighted by Gasteiger charge is -2.19. The molecular formula is C24H35NO10. The maximum atomic E-state index is 12.4. The molecular weight excluding hydrogens is 462 g/mol. The van der Waals surface area contributed by atoms with E-state index in [9.17, 15) is 19.2 Å². The Hall–Kier alpha value is -3.34. The lowest BCUT2D eigenvalue weighted by molar-refractivity contribution is -0.159. The van der Waals surface area contributed by atoms with Crippen LogP contribution in [0.15, 0.2) is 18.2 Å². The van der Waals surface area contributed by atoms with Gasteiger partial charge in [-0.3, -0.25) is 9.59 Å². The van der Waals surface area contributed by atoms with Crippen molar-refractivity contribution in [1.82, 2.24) is 0 Å². The second kappa shape index (κ2) is 14.1. The second-order valence-electron chi connectivity index (χ2n) is 8.83. The molecule has 0 radical (unpaired) electrons. The lowest BCUT2D eigenvalue weighted by Crippen LogP contribution is -2.37. The molecule has 11 nitrogen and oxygen atoms in total. The Bertz CT molecular complexity index is 878. The van der Waals surface area contributed by atoms with Crippen LogP contribution in [0.2, 0.25) is 0 Å². The number of hydrogen-bond acceptors (Lipinski definition) is 11. The van der Waals surface area contributed by atoms with E-state index in [4.69, 9.17) is 34.2 Å². The fourth-order valence-corrected chi connectivity index (χ4v) is 2.67. The molecule has 0 unspecified atom stereocenters. The highest BCUT2D eigenvalue weighted by Crippen LogP contribution is 2.30. The van der Waals surface area contributed by atoms with Crippen molar-refractivity contribution in [2.75, 3.05) is 19.8 Å². The van der Waals surface area contributed by atoms with Crippen molar-refractivity contribution in [3.05, 3.63) is 23.8 Å². The normalized spacial score (nSPS) is 12.7. The summed E-state index contributed by atoms with van der Waals surface area (Å²) in [6.07, 6.45) is -2.42. The Balaban J connectivity index is 2.78. The van der Waals surface area contributed by atoms with Crippen LogP contribution in [0.1, 0.15) is 53.5 Å². The first-order chi connectivity index (χ1) is 16.3. The molecule has 196 valence electrons. The summed E-state index contributed by atoms with van der Waals surface area (Å²) in [7, 11) is 0. The van der Waals surface area contributed by atoms with E-state index >= 15 is 0 Å². The fraction of sp³-hybridized carbons (Fsp3) is 0.583. The minimum Gasteiger partial charge on any atom is -0.462 e. The van der Waals surface area contributed by atoms with Crippen molar-refractivity contribution >= 4 is 24.2 Å². The Morgan fingerprint density at radius 1 is 0.914 bits per heavy atom. The quantitative estimate of drug-likeness (QED) is 0.272. The Morgan fingerprint density at radius 2 is 1.49 bits per heavy atom. The largest absolute Gasteiger partial charge is 0.513 e. The average molecular weight is 498 g/mol. The van der Waals surface area contributed by atoms with E-state index in [2.05, 4.69) is 0 Å². The molecule has 0 aromatic heterocycles. The molecule has 11 heteroatoms. The number of benzene rings is 1. The standard InChI is InChI=1S/C24H35NO10/c1-7-30-22(28)34-18-10-9-16(12-19(18)35-23(29)31-8-2)11-17(25)21(27)33-15(3)14-32-20(26)13-24(4,5)6/h9-10,12,15,17H,7-8,11,13-14,25H2,1-6H3/t15-,17-/m0/s1. The molecule has 0 bridgehead atoms. The van der Waals surface area contributed by atoms with E-state index in [1.165, 1.54) is 18.2 Å². The van der Waals surface area contributed by atoms with Crippen molar-refractivity contribution in [1.29, 1.82) is 0 Å². The zero-order valence-corrected chi connectivity index (χ0v) is 21.1. The number of carbonyl (C=O) groups is 4. The minimum atomic E-state index is -1.06. The number of nitrogens with two attached hydrogens (primary N) is 1. The summed E-state index contributed by atoms with van der Waals surface area (Å²) in [6, 6.07) is 3.24. The summed E-state index contributed by atoms with van der Waals surface area (Å²) < 4.78 is 30.0. The van der Waals surface area contributed by atoms with Gasteiger partial charge in [0.05, 0.1) is 19.6 Å². The molecule has 35 heavy (non-hydrogen) atoms. The zero-order valence-electron chi connectivity index (χ0n) is 21.1. The monoisotopic (exact) mass is 497 g/mol. The first kappa shape index (κ1) is 29.7. The van der Waals surface area contributed by atoms with Crippen LogP contribution in [0.25, 0.3) is 0 Å². The van der Waals surface area contributed by atoms with Crippen molar-refractivity contribution < 1.29 is 47.6 Å². The Kier molecular flexibility index (Phi) is 12.0. The third kappa shape index (κ3) is 12.1. The van der Waals surface area contributed by atoms with Crippen LogP contribution in [0.3, 0.4) is 0 Å². The molecule has 0 aliphatic rings. The number of rotatable bonds is 11. The first-order valence-electron chi connectivity index (χ1n) is 11.3. The summed E-state index contributed by atoms with van der Waals surface area (Å²) in [6.45, 7) is 10.6. The number of carbonyl (C=O) groups excluding carboxylic acids is 4. The Labute approximate surface area is 205 Å². The van der Waals surface area contributed by atoms with Gasteiger partial charge in [-0.15, -0.1) is 0 Å². The zero-order chi connectivity index (χ0) is 26.6. The topological polar surface area (TPSA) is 150 Å². The lowest BCUT2D eigenvalue weighted by atomic mass is 9.92. The maximum absolute atomic E-state index is 12.4. The number of esters is 2. The van der Waals surface area contributed by atoms with Crippen LogP contribution in [-0.4, -0.2) is 56.2 Å². The highest BCUT2D eigenvalue weighted by molar-refractivity contribution is 5.76. The van der Waals surface area contributed by atoms with Gasteiger partial charge in [0.2, 0.25) is 0 Å². The van der Waals surface area contributed by atoms with Crippen LogP contribution >= 0.6 is 0 Å². The summed E-state index contributed by atoms with van der Waals surface area (Å²) in [4.78, 5) is 47.7. The highest BCUT2D eigenvalue weighted by Gasteiger charge is 2.23. The average Bonchev–Trinajstić information content (AvgIpc) is 2.73. The number of hydrogen-bond donors (Lipinski definition) is 1. The predicted octanol–water partition coefficient (Wildman–Crippen LogP) is 3.54. The van der Waals surface area contributed by atoms with Crippen molar-refractivity contribution in [2.45, 2.75) is 66.5 Å². The summed E-state index contributed by atoms with van der Waals surface area (Å²) >= 11 is 0. The first-order valence-corrected chi connectivity index (χ1v) is 11.3. The van der Waals surface area contributed by atoms with E-state index in [0.717, 1.165) is 0 Å². The second-order valence-corrected chi connectivity index (χ2v) is 8.83. The van der Waals surface area contributed by atoms with Gasteiger partial charge < -0.3 is 34.2 Å². The molecule has 0 saturated carbocycles. The molecule has 0 spiro atoms. The molecule has 0 amide bonds. The molecule has 2 atom stereocenters. The maximum Gasteiger partial charge on any atom is 0.513 e. The van der Waals surface area contributed by atoms with Crippen molar-refractivity contribution in [3.8, 4) is 11.5 Å². The molecule has 0 fully saturated rings. The van der Waals surface area contributed by atoms with Gasteiger partial charge in [0.15, 0.2) is 11.5 Å². The van der Waals surface area contributed by atoms with Gasteiger partial charge in [0.25, 0.3) is 0 Å². The molecule has 0 saturated heterocycles. The van der Waals surface area contributed by atoms with Crippen LogP contribution in [0.5, 0.6) is 11.5 Å². The van der Waals surface area contributed by atoms with Gasteiger partial charge >= 0.3 is 24.2 Å². The van der Waals surface area contributed by atoms with E-state index in [1.807, 2.05) is 20.8 Å². The van der Waals surface area contributed by atoms with Crippen LogP contribution in [0, 0.1) is 5.41 Å². The van der Waals surface area contributed by atoms with E-state index in [-0.39, 0.29) is 55.5 Å². The summed E-state index contributed by atoms with van der Waals surface area (Å²) in [5.41, 5.74) is 6.25. The van der Waals surface area contributed by atoms with E-state index in [0.29, 0.717) is 5.56 Å². The third-order valence-corrected chi connectivity index (χ3v) is 4.15. The molecule has 2 N–H and O–H groups in total. The van der Waals surface area contributed by atoms with Gasteiger partial charge in [-0.2, -0.15) is 0 Å². The number of ether oxygens (including phenoxy) is 6. The van der Waals surface area contributed by atoms with Gasteiger partial charge in [0.1, 0.15) is 18.8 Å². The molecule has 0 aliphatic carbocycles. The highest BCUT2D eigenvalue weighted by atomic mass is 16.7. The smallest absolute Gasteiger partial charge is 0.462 e. The van der Waals surface area contributed by atoms with Gasteiger partial charge in [-0.25, -0.2) is 9.59 Å². The minimum absolute atomic E-state index is 0.0221. The van der Waals surface area contributed by atoms with E-state index in [1.54, 1.807) is 20.8 Å². The summed E-state index contributed by atoms with van der Waals surface area (Å²) in [5.74, 6) is -1.29. The third-order valence-electron chi connectivity index (χ3n) is 4.15. The van der Waals surface area contributed by atoms with Crippen LogP contribution in [0.4, 0.5) is 9.59 Å². The molecule has 0 aliphatic heterocycles. The Morgan fingerprint density at radius 3 is 2.03 bits per heavy atom. The van der Waals surface area contributed by atoms with Gasteiger partial charge in [0, 0.05) is 0 Å². The fourth-order valence-electron chi connectivity index (χ4n) is 2.67.